The second kappa shape index (κ2) is 6.91. The Kier molecular flexibility index (Phi) is 5.50. The van der Waals surface area contributed by atoms with E-state index < -0.39 is 0 Å². The zero-order valence-electron chi connectivity index (χ0n) is 12.1. The summed E-state index contributed by atoms with van der Waals surface area (Å²) in [7, 11) is 0. The maximum absolute atomic E-state index is 6.14. The van der Waals surface area contributed by atoms with E-state index in [0.717, 1.165) is 31.6 Å². The Morgan fingerprint density at radius 3 is 2.28 bits per heavy atom. The summed E-state index contributed by atoms with van der Waals surface area (Å²) in [5.41, 5.74) is 6.62. The van der Waals surface area contributed by atoms with Gasteiger partial charge in [0.15, 0.2) is 0 Å². The smallest absolute Gasteiger partial charge is 0.0468 e. The number of nitrogens with two attached hydrogens (primary N) is 1. The molecular formula is C16H31NO. The van der Waals surface area contributed by atoms with Gasteiger partial charge in [-0.3, -0.25) is 0 Å². The highest BCUT2D eigenvalue weighted by Gasteiger charge is 2.36. The minimum atomic E-state index is 0.478. The van der Waals surface area contributed by atoms with Crippen LogP contribution in [0.2, 0.25) is 0 Å². The highest BCUT2D eigenvalue weighted by Crippen LogP contribution is 2.45. The molecule has 0 spiro atoms. The Bertz CT molecular complexity index is 227. The van der Waals surface area contributed by atoms with Gasteiger partial charge in [0.1, 0.15) is 0 Å². The topological polar surface area (TPSA) is 35.2 Å². The Balaban J connectivity index is 1.83. The maximum Gasteiger partial charge on any atom is 0.0468 e. The van der Waals surface area contributed by atoms with Gasteiger partial charge in [-0.15, -0.1) is 0 Å². The minimum absolute atomic E-state index is 0.478. The van der Waals surface area contributed by atoms with Crippen molar-refractivity contribution in [3.8, 4) is 0 Å². The van der Waals surface area contributed by atoms with Crippen molar-refractivity contribution in [1.82, 2.24) is 0 Å². The van der Waals surface area contributed by atoms with Gasteiger partial charge < -0.3 is 10.5 Å². The van der Waals surface area contributed by atoms with Gasteiger partial charge in [0, 0.05) is 13.2 Å². The Morgan fingerprint density at radius 2 is 1.72 bits per heavy atom. The highest BCUT2D eigenvalue weighted by atomic mass is 16.5. The summed E-state index contributed by atoms with van der Waals surface area (Å²) in [6.07, 6.45) is 12.3. The normalized spacial score (nSPS) is 34.7. The van der Waals surface area contributed by atoms with Gasteiger partial charge in [-0.25, -0.2) is 0 Å². The third kappa shape index (κ3) is 3.71. The first kappa shape index (κ1) is 14.3. The van der Waals surface area contributed by atoms with E-state index in [4.69, 9.17) is 10.5 Å². The molecule has 2 aliphatic rings. The van der Waals surface area contributed by atoms with Gasteiger partial charge in [-0.1, -0.05) is 19.8 Å². The number of ether oxygens (including phenoxy) is 1. The van der Waals surface area contributed by atoms with Crippen molar-refractivity contribution >= 4 is 0 Å². The molecule has 2 N–H and O–H groups in total. The van der Waals surface area contributed by atoms with Gasteiger partial charge in [0.2, 0.25) is 0 Å². The lowest BCUT2D eigenvalue weighted by molar-refractivity contribution is 0.0345. The van der Waals surface area contributed by atoms with Gasteiger partial charge >= 0.3 is 0 Å². The van der Waals surface area contributed by atoms with Crippen LogP contribution in [-0.2, 0) is 4.74 Å². The van der Waals surface area contributed by atoms with E-state index in [2.05, 4.69) is 6.92 Å². The molecule has 1 saturated heterocycles. The number of hydrogen-bond acceptors (Lipinski definition) is 2. The Hall–Kier alpha value is -0.0800. The molecule has 2 rings (SSSR count). The third-order valence-electron chi connectivity index (χ3n) is 5.36. The summed E-state index contributed by atoms with van der Waals surface area (Å²) in [6, 6.07) is 0. The monoisotopic (exact) mass is 253 g/mol. The fraction of sp³-hybridized carbons (Fsp3) is 1.00. The Labute approximate surface area is 113 Å². The van der Waals surface area contributed by atoms with Crippen molar-refractivity contribution in [3.05, 3.63) is 0 Å². The van der Waals surface area contributed by atoms with E-state index in [9.17, 15) is 0 Å². The van der Waals surface area contributed by atoms with E-state index in [0.29, 0.717) is 5.41 Å². The predicted molar refractivity (Wildman–Crippen MR) is 76.5 cm³/mol. The standard InChI is InChI=1S/C16H31NO/c1-2-3-14-4-8-16(13-17,9-5-14)12-15-6-10-18-11-7-15/h14-15H,2-13,17H2,1H3. The average Bonchev–Trinajstić information content (AvgIpc) is 2.43. The zero-order valence-corrected chi connectivity index (χ0v) is 12.1. The lowest BCUT2D eigenvalue weighted by Gasteiger charge is -2.42. The van der Waals surface area contributed by atoms with Crippen LogP contribution in [0.5, 0.6) is 0 Å². The van der Waals surface area contributed by atoms with Gasteiger partial charge in [-0.2, -0.15) is 0 Å². The molecule has 2 heteroatoms. The van der Waals surface area contributed by atoms with Gasteiger partial charge in [0.25, 0.3) is 0 Å². The molecule has 2 fully saturated rings. The molecule has 1 saturated carbocycles. The molecule has 0 atom stereocenters. The Morgan fingerprint density at radius 1 is 1.06 bits per heavy atom. The molecule has 0 aromatic carbocycles. The summed E-state index contributed by atoms with van der Waals surface area (Å²) >= 11 is 0. The molecule has 1 aliphatic heterocycles. The lowest BCUT2D eigenvalue weighted by atomic mass is 9.65. The summed E-state index contributed by atoms with van der Waals surface area (Å²) < 4.78 is 5.47. The lowest BCUT2D eigenvalue weighted by Crippen LogP contribution is -2.37. The van der Waals surface area contributed by atoms with Crippen LogP contribution in [-0.4, -0.2) is 19.8 Å². The van der Waals surface area contributed by atoms with E-state index >= 15 is 0 Å². The first-order valence-electron chi connectivity index (χ1n) is 8.06. The summed E-state index contributed by atoms with van der Waals surface area (Å²) in [5, 5.41) is 0. The summed E-state index contributed by atoms with van der Waals surface area (Å²) in [5.74, 6) is 1.87. The molecule has 1 heterocycles. The number of hydrogen-bond donors (Lipinski definition) is 1. The molecule has 106 valence electrons. The SMILES string of the molecule is CCCC1CCC(CN)(CC2CCOCC2)CC1. The second-order valence-electron chi connectivity index (χ2n) is 6.70. The van der Waals surface area contributed by atoms with Crippen LogP contribution in [0.15, 0.2) is 0 Å². The summed E-state index contributed by atoms with van der Waals surface area (Å²) in [6.45, 7) is 5.17. The van der Waals surface area contributed by atoms with E-state index in [1.54, 1.807) is 0 Å². The van der Waals surface area contributed by atoms with Crippen LogP contribution in [0.3, 0.4) is 0 Å². The predicted octanol–water partition coefficient (Wildman–Crippen LogP) is 3.74. The fourth-order valence-corrected chi connectivity index (χ4v) is 4.04. The van der Waals surface area contributed by atoms with Crippen LogP contribution in [0.25, 0.3) is 0 Å². The molecule has 1 aliphatic carbocycles. The maximum atomic E-state index is 6.14. The van der Waals surface area contributed by atoms with Crippen molar-refractivity contribution < 1.29 is 4.74 Å². The van der Waals surface area contributed by atoms with Crippen molar-refractivity contribution in [2.24, 2.45) is 23.0 Å². The van der Waals surface area contributed by atoms with E-state index in [1.165, 1.54) is 57.8 Å². The summed E-state index contributed by atoms with van der Waals surface area (Å²) in [4.78, 5) is 0. The van der Waals surface area contributed by atoms with Crippen LogP contribution in [0.1, 0.15) is 64.7 Å². The van der Waals surface area contributed by atoms with Gasteiger partial charge in [0.05, 0.1) is 0 Å². The van der Waals surface area contributed by atoms with E-state index in [-0.39, 0.29) is 0 Å². The molecule has 0 aromatic heterocycles. The molecule has 2 nitrogen and oxygen atoms in total. The molecule has 0 aromatic rings. The third-order valence-corrected chi connectivity index (χ3v) is 5.36. The highest BCUT2D eigenvalue weighted by molar-refractivity contribution is 4.88. The van der Waals surface area contributed by atoms with Crippen LogP contribution < -0.4 is 5.73 Å². The molecule has 0 radical (unpaired) electrons. The number of rotatable bonds is 5. The van der Waals surface area contributed by atoms with Crippen molar-refractivity contribution in [3.63, 3.8) is 0 Å². The first-order valence-corrected chi connectivity index (χ1v) is 8.06. The average molecular weight is 253 g/mol. The largest absolute Gasteiger partial charge is 0.381 e. The minimum Gasteiger partial charge on any atom is -0.381 e. The molecule has 18 heavy (non-hydrogen) atoms. The van der Waals surface area contributed by atoms with Crippen molar-refractivity contribution in [2.75, 3.05) is 19.8 Å². The van der Waals surface area contributed by atoms with Crippen molar-refractivity contribution in [2.45, 2.75) is 64.7 Å². The zero-order chi connectivity index (χ0) is 12.8. The fourth-order valence-electron chi connectivity index (χ4n) is 4.04. The molecule has 0 amide bonds. The molecule has 0 unspecified atom stereocenters. The molecular weight excluding hydrogens is 222 g/mol. The van der Waals surface area contributed by atoms with E-state index in [1.807, 2.05) is 0 Å². The first-order chi connectivity index (χ1) is 8.78. The molecule has 0 bridgehead atoms. The second-order valence-corrected chi connectivity index (χ2v) is 6.70. The van der Waals surface area contributed by atoms with Crippen LogP contribution in [0.4, 0.5) is 0 Å². The van der Waals surface area contributed by atoms with Gasteiger partial charge in [-0.05, 0) is 68.7 Å². The van der Waals surface area contributed by atoms with Crippen LogP contribution >= 0.6 is 0 Å². The van der Waals surface area contributed by atoms with Crippen LogP contribution in [0, 0.1) is 17.3 Å². The van der Waals surface area contributed by atoms with Crippen molar-refractivity contribution in [1.29, 1.82) is 0 Å². The quantitative estimate of drug-likeness (QED) is 0.810.